The van der Waals surface area contributed by atoms with Crippen LogP contribution in [-0.4, -0.2) is 16.0 Å². The number of nitrogens with zero attached hydrogens (tertiary/aromatic N) is 2. The van der Waals surface area contributed by atoms with Crippen molar-refractivity contribution in [2.75, 3.05) is 0 Å². The number of hydrogen-bond acceptors (Lipinski definition) is 4. The zero-order valence-corrected chi connectivity index (χ0v) is 16.8. The molecule has 12 heteroatoms. The van der Waals surface area contributed by atoms with Crippen LogP contribution in [0.2, 0.25) is 0 Å². The van der Waals surface area contributed by atoms with E-state index in [1.165, 1.54) is 12.1 Å². The highest BCUT2D eigenvalue weighted by Gasteiger charge is 2.35. The highest BCUT2D eigenvalue weighted by atomic mass is 127. The average Bonchev–Trinajstić information content (AvgIpc) is 3.13. The summed E-state index contributed by atoms with van der Waals surface area (Å²) in [7, 11) is 0. The van der Waals surface area contributed by atoms with Crippen LogP contribution in [-0.2, 0) is 18.9 Å². The first-order valence-electron chi connectivity index (χ1n) is 8.11. The maximum atomic E-state index is 13.0. The molecule has 0 radical (unpaired) electrons. The lowest BCUT2D eigenvalue weighted by atomic mass is 10.1. The van der Waals surface area contributed by atoms with E-state index in [4.69, 9.17) is 4.52 Å². The Labute approximate surface area is 178 Å². The number of halogens is 7. The number of hydrogen-bond donors (Lipinski definition) is 1. The zero-order valence-electron chi connectivity index (χ0n) is 14.6. The van der Waals surface area contributed by atoms with E-state index < -0.39 is 35.0 Å². The first kappa shape index (κ1) is 22.1. The minimum Gasteiger partial charge on any atom is -0.345 e. The summed E-state index contributed by atoms with van der Waals surface area (Å²) in [6, 6.07) is 7.21. The molecule has 0 aliphatic rings. The van der Waals surface area contributed by atoms with Gasteiger partial charge in [0.25, 0.3) is 11.8 Å². The molecule has 1 heterocycles. The summed E-state index contributed by atoms with van der Waals surface area (Å²) in [6.07, 6.45) is -9.21. The van der Waals surface area contributed by atoms with Crippen molar-refractivity contribution in [2.45, 2.75) is 18.9 Å². The maximum absolute atomic E-state index is 13.0. The van der Waals surface area contributed by atoms with Gasteiger partial charge in [0.05, 0.1) is 28.8 Å². The molecule has 0 bridgehead atoms. The third kappa shape index (κ3) is 4.91. The average molecular weight is 541 g/mol. The fourth-order valence-electron chi connectivity index (χ4n) is 2.48. The molecular formula is C18H10F6IN3O2. The van der Waals surface area contributed by atoms with E-state index in [-0.39, 0.29) is 27.4 Å². The van der Waals surface area contributed by atoms with Crippen LogP contribution in [0.1, 0.15) is 27.3 Å². The topological polar surface area (TPSA) is 68.0 Å². The maximum Gasteiger partial charge on any atom is 0.417 e. The predicted molar refractivity (Wildman–Crippen MR) is 100 cm³/mol. The summed E-state index contributed by atoms with van der Waals surface area (Å²) < 4.78 is 82.5. The molecule has 5 nitrogen and oxygen atoms in total. The van der Waals surface area contributed by atoms with Crippen LogP contribution in [0.3, 0.4) is 0 Å². The fourth-order valence-corrected chi connectivity index (χ4v) is 3.23. The Bertz CT molecular complexity index is 1080. The molecule has 3 rings (SSSR count). The van der Waals surface area contributed by atoms with Gasteiger partial charge in [0, 0.05) is 3.57 Å². The van der Waals surface area contributed by atoms with Gasteiger partial charge in [-0.15, -0.1) is 0 Å². The lowest BCUT2D eigenvalue weighted by Crippen LogP contribution is -2.26. The van der Waals surface area contributed by atoms with E-state index in [9.17, 15) is 31.1 Å². The Balaban J connectivity index is 1.74. The Morgan fingerprint density at radius 1 is 1.03 bits per heavy atom. The molecule has 0 fully saturated rings. The molecule has 158 valence electrons. The molecule has 0 aliphatic heterocycles. The second-order valence-corrected chi connectivity index (χ2v) is 7.10. The van der Waals surface area contributed by atoms with E-state index in [1.807, 2.05) is 0 Å². The minimum atomic E-state index is -4.70. The third-order valence-electron chi connectivity index (χ3n) is 3.88. The van der Waals surface area contributed by atoms with Gasteiger partial charge in [-0.2, -0.15) is 31.3 Å². The molecule has 1 N–H and O–H groups in total. The molecule has 0 spiro atoms. The summed E-state index contributed by atoms with van der Waals surface area (Å²) in [5, 5.41) is 5.85. The largest absolute Gasteiger partial charge is 0.417 e. The van der Waals surface area contributed by atoms with Gasteiger partial charge in [-0.25, -0.2) is 0 Å². The van der Waals surface area contributed by atoms with Gasteiger partial charge in [0.1, 0.15) is 0 Å². The summed E-state index contributed by atoms with van der Waals surface area (Å²) in [5.74, 6) is -1.13. The quantitative estimate of drug-likeness (QED) is 0.360. The number of nitrogens with one attached hydrogen (secondary N) is 1. The van der Waals surface area contributed by atoms with E-state index in [1.54, 1.807) is 22.6 Å². The van der Waals surface area contributed by atoms with Gasteiger partial charge in [-0.05, 0) is 52.9 Å². The Kier molecular flexibility index (Phi) is 6.06. The molecule has 0 saturated heterocycles. The van der Waals surface area contributed by atoms with Crippen molar-refractivity contribution in [3.8, 4) is 11.5 Å². The van der Waals surface area contributed by atoms with Crippen molar-refractivity contribution in [3.63, 3.8) is 0 Å². The lowest BCUT2D eigenvalue weighted by Gasteiger charge is -2.11. The smallest absolute Gasteiger partial charge is 0.345 e. The number of carbonyl (C=O) groups excluding carboxylic acids is 1. The monoisotopic (exact) mass is 541 g/mol. The molecule has 0 aliphatic carbocycles. The van der Waals surface area contributed by atoms with Crippen molar-refractivity contribution < 1.29 is 35.7 Å². The standard InChI is InChI=1S/C18H10F6IN3O2/c19-17(20,21)9-5-6-11(13(25)7-9)16-27-14(28-30-16)8-26-15(29)10-3-1-2-4-12(10)18(22,23)24/h1-7H,8H2,(H,26,29). The Morgan fingerprint density at radius 3 is 2.37 bits per heavy atom. The summed E-state index contributed by atoms with van der Waals surface area (Å²) in [6.45, 7) is -0.342. The van der Waals surface area contributed by atoms with Gasteiger partial charge < -0.3 is 9.84 Å². The zero-order chi connectivity index (χ0) is 22.1. The molecular weight excluding hydrogens is 531 g/mol. The number of alkyl halides is 6. The number of benzene rings is 2. The number of aromatic nitrogens is 2. The Morgan fingerprint density at radius 2 is 1.73 bits per heavy atom. The summed E-state index contributed by atoms with van der Waals surface area (Å²) in [5.41, 5.74) is -2.25. The molecule has 30 heavy (non-hydrogen) atoms. The van der Waals surface area contributed by atoms with Gasteiger partial charge in [0.2, 0.25) is 0 Å². The lowest BCUT2D eigenvalue weighted by molar-refractivity contribution is -0.138. The van der Waals surface area contributed by atoms with Crippen LogP contribution >= 0.6 is 22.6 Å². The van der Waals surface area contributed by atoms with Crippen LogP contribution in [0, 0.1) is 3.57 Å². The minimum absolute atomic E-state index is 0.0569. The van der Waals surface area contributed by atoms with Crippen LogP contribution in [0.15, 0.2) is 47.0 Å². The van der Waals surface area contributed by atoms with Crippen LogP contribution in [0.25, 0.3) is 11.5 Å². The second kappa shape index (κ2) is 8.24. The number of carbonyl (C=O) groups is 1. The van der Waals surface area contributed by atoms with E-state index >= 15 is 0 Å². The number of rotatable bonds is 4. The summed E-state index contributed by atoms with van der Waals surface area (Å²) >= 11 is 1.69. The van der Waals surface area contributed by atoms with E-state index in [0.717, 1.165) is 30.3 Å². The van der Waals surface area contributed by atoms with Gasteiger partial charge in [0.15, 0.2) is 5.82 Å². The van der Waals surface area contributed by atoms with Crippen molar-refractivity contribution in [1.29, 1.82) is 0 Å². The first-order valence-corrected chi connectivity index (χ1v) is 9.19. The van der Waals surface area contributed by atoms with Crippen LogP contribution in [0.4, 0.5) is 26.3 Å². The summed E-state index contributed by atoms with van der Waals surface area (Å²) in [4.78, 5) is 16.1. The van der Waals surface area contributed by atoms with Gasteiger partial charge in [-0.3, -0.25) is 4.79 Å². The van der Waals surface area contributed by atoms with Crippen LogP contribution < -0.4 is 5.32 Å². The molecule has 1 aromatic heterocycles. The van der Waals surface area contributed by atoms with Gasteiger partial charge >= 0.3 is 12.4 Å². The third-order valence-corrected chi connectivity index (χ3v) is 4.77. The highest BCUT2D eigenvalue weighted by molar-refractivity contribution is 14.1. The molecule has 3 aromatic rings. The normalized spacial score (nSPS) is 12.1. The van der Waals surface area contributed by atoms with E-state index in [2.05, 4.69) is 15.5 Å². The van der Waals surface area contributed by atoms with Crippen molar-refractivity contribution >= 4 is 28.5 Å². The molecule has 2 aromatic carbocycles. The van der Waals surface area contributed by atoms with Crippen molar-refractivity contribution in [2.24, 2.45) is 0 Å². The predicted octanol–water partition coefficient (Wildman–Crippen LogP) is 5.31. The molecule has 0 atom stereocenters. The van der Waals surface area contributed by atoms with Crippen LogP contribution in [0.5, 0.6) is 0 Å². The second-order valence-electron chi connectivity index (χ2n) is 5.93. The molecule has 1 amide bonds. The Hall–Kier alpha value is -2.64. The van der Waals surface area contributed by atoms with E-state index in [0.29, 0.717) is 0 Å². The highest BCUT2D eigenvalue weighted by Crippen LogP contribution is 2.34. The molecule has 0 saturated carbocycles. The SMILES string of the molecule is O=C(NCc1noc(-c2ccc(C(F)(F)F)cc2I)n1)c1ccccc1C(F)(F)F. The van der Waals surface area contributed by atoms with Crippen molar-refractivity contribution in [1.82, 2.24) is 15.5 Å². The fraction of sp³-hybridized carbons (Fsp3) is 0.167. The first-order chi connectivity index (χ1) is 14.0. The molecule has 0 unspecified atom stereocenters. The van der Waals surface area contributed by atoms with Gasteiger partial charge in [-0.1, -0.05) is 17.3 Å². The number of amides is 1. The van der Waals surface area contributed by atoms with Crippen molar-refractivity contribution in [3.05, 3.63) is 68.5 Å².